The molecule has 0 heterocycles. The predicted molar refractivity (Wildman–Crippen MR) is 80.6 cm³/mol. The van der Waals surface area contributed by atoms with Gasteiger partial charge < -0.3 is 10.6 Å². The Morgan fingerprint density at radius 2 is 1.33 bits per heavy atom. The van der Waals surface area contributed by atoms with Crippen molar-refractivity contribution in [2.75, 3.05) is 26.2 Å². The van der Waals surface area contributed by atoms with E-state index in [1.54, 1.807) is 0 Å². The van der Waals surface area contributed by atoms with Crippen LogP contribution >= 0.6 is 0 Å². The van der Waals surface area contributed by atoms with E-state index in [-0.39, 0.29) is 0 Å². The molecule has 1 fully saturated rings. The minimum absolute atomic E-state index is 0.782. The molecular formula is C16H34N2. The van der Waals surface area contributed by atoms with Gasteiger partial charge in [-0.05, 0) is 55.9 Å². The van der Waals surface area contributed by atoms with Crippen LogP contribution in [0.4, 0.5) is 0 Å². The fourth-order valence-electron chi connectivity index (χ4n) is 3.27. The summed E-state index contributed by atoms with van der Waals surface area (Å²) in [4.78, 5) is 2.70. The summed E-state index contributed by atoms with van der Waals surface area (Å²) in [7, 11) is 0. The lowest BCUT2D eigenvalue weighted by Crippen LogP contribution is -2.37. The first-order chi connectivity index (χ1) is 8.51. The van der Waals surface area contributed by atoms with Gasteiger partial charge in [-0.3, -0.25) is 0 Å². The average Bonchev–Trinajstić information content (AvgIpc) is 2.28. The molecule has 0 radical (unpaired) electrons. The summed E-state index contributed by atoms with van der Waals surface area (Å²) >= 11 is 0. The Labute approximate surface area is 114 Å². The van der Waals surface area contributed by atoms with Crippen LogP contribution in [0.2, 0.25) is 0 Å². The molecule has 0 amide bonds. The summed E-state index contributed by atoms with van der Waals surface area (Å²) in [6.45, 7) is 14.1. The second kappa shape index (κ2) is 8.16. The zero-order chi connectivity index (χ0) is 13.5. The molecule has 2 N–H and O–H groups in total. The second-order valence-corrected chi connectivity index (χ2v) is 7.13. The Balaban J connectivity index is 2.36. The first-order valence-electron chi connectivity index (χ1n) is 7.93. The van der Waals surface area contributed by atoms with Gasteiger partial charge in [0.25, 0.3) is 0 Å². The third kappa shape index (κ3) is 6.19. The molecular weight excluding hydrogens is 220 g/mol. The van der Waals surface area contributed by atoms with Crippen molar-refractivity contribution in [1.82, 2.24) is 4.90 Å². The van der Waals surface area contributed by atoms with Crippen LogP contribution in [0.1, 0.15) is 53.4 Å². The highest BCUT2D eigenvalue weighted by atomic mass is 15.1. The second-order valence-electron chi connectivity index (χ2n) is 7.13. The molecule has 0 atom stereocenters. The topological polar surface area (TPSA) is 29.3 Å². The summed E-state index contributed by atoms with van der Waals surface area (Å²) in [5, 5.41) is 0. The molecule has 0 saturated heterocycles. The van der Waals surface area contributed by atoms with E-state index in [9.17, 15) is 0 Å². The third-order valence-corrected chi connectivity index (χ3v) is 4.06. The molecule has 0 unspecified atom stereocenters. The minimum atomic E-state index is 0.782. The molecule has 2 nitrogen and oxygen atoms in total. The summed E-state index contributed by atoms with van der Waals surface area (Å²) in [6, 6.07) is 0. The number of nitrogens with zero attached hydrogens (tertiary/aromatic N) is 1. The summed E-state index contributed by atoms with van der Waals surface area (Å²) in [6.07, 6.45) is 5.51. The lowest BCUT2D eigenvalue weighted by Gasteiger charge is -2.34. The maximum absolute atomic E-state index is 5.77. The van der Waals surface area contributed by atoms with Crippen LogP contribution in [0.15, 0.2) is 0 Å². The van der Waals surface area contributed by atoms with Crippen LogP contribution in [0.25, 0.3) is 0 Å². The van der Waals surface area contributed by atoms with Crippen LogP contribution in [-0.4, -0.2) is 31.1 Å². The van der Waals surface area contributed by atoms with Gasteiger partial charge >= 0.3 is 0 Å². The normalized spacial score (nSPS) is 25.3. The maximum Gasteiger partial charge on any atom is 0.000988 e. The van der Waals surface area contributed by atoms with Gasteiger partial charge in [-0.1, -0.05) is 27.7 Å². The van der Waals surface area contributed by atoms with Crippen LogP contribution in [-0.2, 0) is 0 Å². The molecule has 0 aromatic heterocycles. The maximum atomic E-state index is 5.77. The Hall–Kier alpha value is -0.0800. The summed E-state index contributed by atoms with van der Waals surface area (Å²) < 4.78 is 0. The van der Waals surface area contributed by atoms with Crippen molar-refractivity contribution < 1.29 is 0 Å². The van der Waals surface area contributed by atoms with Gasteiger partial charge in [-0.15, -0.1) is 0 Å². The Morgan fingerprint density at radius 3 is 1.72 bits per heavy atom. The molecule has 0 bridgehead atoms. The third-order valence-electron chi connectivity index (χ3n) is 4.06. The fourth-order valence-corrected chi connectivity index (χ4v) is 3.27. The molecule has 1 saturated carbocycles. The van der Waals surface area contributed by atoms with E-state index in [1.165, 1.54) is 45.3 Å². The number of hydrogen-bond donors (Lipinski definition) is 1. The first-order valence-corrected chi connectivity index (χ1v) is 7.93. The highest BCUT2D eigenvalue weighted by Gasteiger charge is 2.22. The van der Waals surface area contributed by atoms with Gasteiger partial charge in [0, 0.05) is 19.6 Å². The molecule has 0 aliphatic heterocycles. The lowest BCUT2D eigenvalue weighted by atomic mass is 9.81. The molecule has 18 heavy (non-hydrogen) atoms. The van der Waals surface area contributed by atoms with Crippen molar-refractivity contribution in [3.8, 4) is 0 Å². The average molecular weight is 254 g/mol. The van der Waals surface area contributed by atoms with Gasteiger partial charge in [0.15, 0.2) is 0 Å². The molecule has 1 rings (SSSR count). The van der Waals surface area contributed by atoms with Crippen molar-refractivity contribution in [1.29, 1.82) is 0 Å². The van der Waals surface area contributed by atoms with Crippen LogP contribution < -0.4 is 5.73 Å². The molecule has 1 aliphatic carbocycles. The first kappa shape index (κ1) is 16.0. The van der Waals surface area contributed by atoms with Crippen LogP contribution in [0.3, 0.4) is 0 Å². The van der Waals surface area contributed by atoms with Gasteiger partial charge in [-0.25, -0.2) is 0 Å². The molecule has 0 aromatic rings. The summed E-state index contributed by atoms with van der Waals surface area (Å²) in [5.74, 6) is 3.29. The van der Waals surface area contributed by atoms with Crippen molar-refractivity contribution in [3.05, 3.63) is 0 Å². The Bertz CT molecular complexity index is 195. The smallest absolute Gasteiger partial charge is 0.000988 e. The molecule has 0 aromatic carbocycles. The monoisotopic (exact) mass is 254 g/mol. The van der Waals surface area contributed by atoms with Gasteiger partial charge in [0.05, 0.1) is 0 Å². The van der Waals surface area contributed by atoms with Crippen LogP contribution in [0.5, 0.6) is 0 Å². The van der Waals surface area contributed by atoms with E-state index >= 15 is 0 Å². The SMILES string of the molecule is CC(C)CN(CC(C)C)CC1CCC(CN)CC1. The molecule has 0 spiro atoms. The van der Waals surface area contributed by atoms with Crippen molar-refractivity contribution in [2.24, 2.45) is 29.4 Å². The quantitative estimate of drug-likeness (QED) is 0.755. The number of hydrogen-bond acceptors (Lipinski definition) is 2. The standard InChI is InChI=1S/C16H34N2/c1-13(2)10-18(11-14(3)4)12-16-7-5-15(9-17)6-8-16/h13-16H,5-12,17H2,1-4H3. The molecule has 2 heteroatoms. The van der Waals surface area contributed by atoms with E-state index in [4.69, 9.17) is 5.73 Å². The summed E-state index contributed by atoms with van der Waals surface area (Å²) in [5.41, 5.74) is 5.77. The zero-order valence-electron chi connectivity index (χ0n) is 13.0. The zero-order valence-corrected chi connectivity index (χ0v) is 13.0. The predicted octanol–water partition coefficient (Wildman–Crippen LogP) is 3.37. The van der Waals surface area contributed by atoms with Crippen molar-refractivity contribution in [3.63, 3.8) is 0 Å². The van der Waals surface area contributed by atoms with E-state index in [0.717, 1.165) is 30.2 Å². The fraction of sp³-hybridized carbons (Fsp3) is 1.00. The lowest BCUT2D eigenvalue weighted by molar-refractivity contribution is 0.155. The van der Waals surface area contributed by atoms with Crippen molar-refractivity contribution in [2.45, 2.75) is 53.4 Å². The van der Waals surface area contributed by atoms with E-state index < -0.39 is 0 Å². The highest BCUT2D eigenvalue weighted by Crippen LogP contribution is 2.29. The Kier molecular flexibility index (Phi) is 7.25. The van der Waals surface area contributed by atoms with Gasteiger partial charge in [0.2, 0.25) is 0 Å². The van der Waals surface area contributed by atoms with Gasteiger partial charge in [-0.2, -0.15) is 0 Å². The van der Waals surface area contributed by atoms with Crippen molar-refractivity contribution >= 4 is 0 Å². The molecule has 108 valence electrons. The number of nitrogens with two attached hydrogens (primary N) is 1. The van der Waals surface area contributed by atoms with E-state index in [0.29, 0.717) is 0 Å². The molecule has 1 aliphatic rings. The highest BCUT2D eigenvalue weighted by molar-refractivity contribution is 4.76. The van der Waals surface area contributed by atoms with Gasteiger partial charge in [0.1, 0.15) is 0 Å². The minimum Gasteiger partial charge on any atom is -0.330 e. The van der Waals surface area contributed by atoms with E-state index in [2.05, 4.69) is 32.6 Å². The number of rotatable bonds is 7. The Morgan fingerprint density at radius 1 is 0.889 bits per heavy atom. The van der Waals surface area contributed by atoms with E-state index in [1.807, 2.05) is 0 Å². The van der Waals surface area contributed by atoms with Crippen LogP contribution in [0, 0.1) is 23.7 Å². The largest absolute Gasteiger partial charge is 0.330 e.